The highest BCUT2D eigenvalue weighted by atomic mass is 79.9. The van der Waals surface area contributed by atoms with Crippen LogP contribution in [0.4, 0.5) is 4.39 Å². The number of carbonyl (C=O) groups is 1. The molecule has 0 saturated heterocycles. The molecule has 5 nitrogen and oxygen atoms in total. The van der Waals surface area contributed by atoms with Gasteiger partial charge >= 0.3 is 5.97 Å². The molecule has 0 spiro atoms. The molecule has 1 unspecified atom stereocenters. The largest absolute Gasteiger partial charge is 0.466 e. The van der Waals surface area contributed by atoms with Crippen LogP contribution in [-0.4, -0.2) is 23.8 Å². The maximum atomic E-state index is 14.0. The van der Waals surface area contributed by atoms with Crippen LogP contribution < -0.4 is 5.32 Å². The van der Waals surface area contributed by atoms with Crippen molar-refractivity contribution < 1.29 is 13.9 Å². The van der Waals surface area contributed by atoms with E-state index in [1.807, 2.05) is 32.9 Å². The van der Waals surface area contributed by atoms with Crippen molar-refractivity contribution >= 4 is 33.7 Å². The predicted octanol–water partition coefficient (Wildman–Crippen LogP) is 5.71. The van der Waals surface area contributed by atoms with Gasteiger partial charge < -0.3 is 10.1 Å². The molecule has 1 aromatic heterocycles. The number of rotatable bonds is 5. The number of nitriles is 1. The Balaban J connectivity index is 2.20. The Morgan fingerprint density at radius 3 is 2.56 bits per heavy atom. The summed E-state index contributed by atoms with van der Waals surface area (Å²) in [5.41, 5.74) is 2.38. The van der Waals surface area contributed by atoms with E-state index in [0.717, 1.165) is 10.6 Å². The van der Waals surface area contributed by atoms with Crippen LogP contribution in [0.25, 0.3) is 0 Å². The van der Waals surface area contributed by atoms with Gasteiger partial charge in [0.05, 0.1) is 34.7 Å². The molecule has 0 aliphatic carbocycles. The zero-order valence-corrected chi connectivity index (χ0v) is 20.6. The minimum absolute atomic E-state index is 0.264. The molecule has 2 aromatic rings. The van der Waals surface area contributed by atoms with Gasteiger partial charge in [-0.1, -0.05) is 26.8 Å². The number of hydrogen-bond acceptors (Lipinski definition) is 6. The summed E-state index contributed by atoms with van der Waals surface area (Å²) in [6.45, 7) is 6.00. The van der Waals surface area contributed by atoms with Crippen LogP contribution in [0, 0.1) is 22.6 Å². The summed E-state index contributed by atoms with van der Waals surface area (Å²) in [6.07, 6.45) is 3.42. The van der Waals surface area contributed by atoms with E-state index in [1.165, 1.54) is 13.2 Å². The van der Waals surface area contributed by atoms with E-state index < -0.39 is 23.1 Å². The summed E-state index contributed by atoms with van der Waals surface area (Å²) in [5, 5.41) is 13.5. The fourth-order valence-corrected chi connectivity index (χ4v) is 4.79. The summed E-state index contributed by atoms with van der Waals surface area (Å²) in [6, 6.07) is 10.6. The Labute approximate surface area is 199 Å². The number of hydrogen-bond donors (Lipinski definition) is 1. The van der Waals surface area contributed by atoms with Crippen molar-refractivity contribution in [2.24, 2.45) is 5.41 Å². The average Bonchev–Trinajstić information content (AvgIpc) is 2.78. The van der Waals surface area contributed by atoms with E-state index in [4.69, 9.17) is 4.74 Å². The van der Waals surface area contributed by atoms with Gasteiger partial charge in [0.1, 0.15) is 5.82 Å². The van der Waals surface area contributed by atoms with Crippen molar-refractivity contribution in [1.29, 1.82) is 5.26 Å². The van der Waals surface area contributed by atoms with E-state index in [0.29, 0.717) is 28.2 Å². The second-order valence-corrected chi connectivity index (χ2v) is 10.1. The number of aromatic nitrogens is 1. The first-order valence-corrected chi connectivity index (χ1v) is 11.7. The van der Waals surface area contributed by atoms with Gasteiger partial charge in [0.25, 0.3) is 0 Å². The predicted molar refractivity (Wildman–Crippen MR) is 126 cm³/mol. The van der Waals surface area contributed by atoms with Crippen LogP contribution in [0.5, 0.6) is 0 Å². The van der Waals surface area contributed by atoms with Gasteiger partial charge in [0, 0.05) is 39.9 Å². The van der Waals surface area contributed by atoms with Gasteiger partial charge in [0.2, 0.25) is 0 Å². The molecule has 3 rings (SSSR count). The Bertz CT molecular complexity index is 1130. The Morgan fingerprint density at radius 2 is 2.00 bits per heavy atom. The molecule has 2 heterocycles. The van der Waals surface area contributed by atoms with Gasteiger partial charge in [-0.25, -0.2) is 9.18 Å². The highest BCUT2D eigenvalue weighted by molar-refractivity contribution is 9.10. The Hall–Kier alpha value is -2.63. The maximum Gasteiger partial charge on any atom is 0.336 e. The lowest BCUT2D eigenvalue weighted by atomic mass is 9.76. The van der Waals surface area contributed by atoms with E-state index >= 15 is 0 Å². The topological polar surface area (TPSA) is 75.0 Å². The molecule has 32 heavy (non-hydrogen) atoms. The molecule has 1 aliphatic rings. The number of nitrogens with one attached hydrogen (secondary N) is 1. The molecule has 0 radical (unpaired) electrons. The minimum Gasteiger partial charge on any atom is -0.466 e. The number of allylic oxidation sites excluding steroid dienone is 2. The fourth-order valence-electron chi connectivity index (χ4n) is 3.54. The van der Waals surface area contributed by atoms with Gasteiger partial charge in [-0.15, -0.1) is 11.8 Å². The monoisotopic (exact) mass is 515 g/mol. The minimum atomic E-state index is -0.687. The molecule has 1 aliphatic heterocycles. The zero-order valence-electron chi connectivity index (χ0n) is 18.2. The molecule has 0 bridgehead atoms. The van der Waals surface area contributed by atoms with E-state index in [1.54, 1.807) is 36.3 Å². The number of ether oxygens (including phenoxy) is 1. The summed E-state index contributed by atoms with van der Waals surface area (Å²) in [5.74, 6) is -1.19. The maximum absolute atomic E-state index is 14.0. The van der Waals surface area contributed by atoms with Crippen molar-refractivity contribution in [3.63, 3.8) is 0 Å². The van der Waals surface area contributed by atoms with Crippen LogP contribution in [-0.2, 0) is 9.53 Å². The number of nitrogens with zero attached hydrogens (tertiary/aromatic N) is 2. The Kier molecular flexibility index (Phi) is 7.42. The second-order valence-electron chi connectivity index (χ2n) is 8.24. The number of carbonyl (C=O) groups excluding carboxylic acids is 1. The summed E-state index contributed by atoms with van der Waals surface area (Å²) >= 11 is 4.77. The van der Waals surface area contributed by atoms with Gasteiger partial charge in [-0.3, -0.25) is 4.98 Å². The van der Waals surface area contributed by atoms with Gasteiger partial charge in [0.15, 0.2) is 0 Å². The smallest absolute Gasteiger partial charge is 0.336 e. The molecule has 0 fully saturated rings. The van der Waals surface area contributed by atoms with Gasteiger partial charge in [-0.05, 0) is 45.8 Å². The molecular weight excluding hydrogens is 493 g/mol. The summed E-state index contributed by atoms with van der Waals surface area (Å²) < 4.78 is 19.4. The Morgan fingerprint density at radius 1 is 1.31 bits per heavy atom. The third kappa shape index (κ3) is 5.05. The number of esters is 1. The van der Waals surface area contributed by atoms with E-state index in [2.05, 4.69) is 32.3 Å². The molecule has 1 N–H and O–H groups in total. The lowest BCUT2D eigenvalue weighted by molar-refractivity contribution is -0.136. The lowest BCUT2D eigenvalue weighted by Gasteiger charge is -2.36. The van der Waals surface area contributed by atoms with Crippen molar-refractivity contribution in [2.45, 2.75) is 31.6 Å². The fraction of sp³-hybridized carbons (Fsp3) is 0.292. The number of thioether (sulfide) groups is 1. The number of halogens is 2. The van der Waals surface area contributed by atoms with Crippen molar-refractivity contribution in [3.05, 3.63) is 81.1 Å². The normalized spacial score (nSPS) is 16.5. The molecular formula is C24H23BrFN3O2S. The molecule has 0 amide bonds. The summed E-state index contributed by atoms with van der Waals surface area (Å²) in [7, 11) is 1.32. The van der Waals surface area contributed by atoms with Crippen LogP contribution in [0.3, 0.4) is 0 Å². The highest BCUT2D eigenvalue weighted by Crippen LogP contribution is 2.44. The first kappa shape index (κ1) is 24.0. The third-order valence-corrected chi connectivity index (χ3v) is 6.68. The van der Waals surface area contributed by atoms with Crippen LogP contribution in [0.1, 0.15) is 32.3 Å². The number of dihydropyridines is 1. The third-order valence-electron chi connectivity index (χ3n) is 5.03. The number of benzene rings is 1. The lowest BCUT2D eigenvalue weighted by Crippen LogP contribution is -2.36. The second kappa shape index (κ2) is 9.88. The average molecular weight is 516 g/mol. The quantitative estimate of drug-likeness (QED) is 0.405. The number of methoxy groups -OCH3 is 1. The van der Waals surface area contributed by atoms with Crippen LogP contribution in [0.15, 0.2) is 74.6 Å². The van der Waals surface area contributed by atoms with Crippen molar-refractivity contribution in [3.8, 4) is 6.07 Å². The molecule has 8 heteroatoms. The number of pyridine rings is 1. The van der Waals surface area contributed by atoms with Crippen molar-refractivity contribution in [2.75, 3.05) is 12.9 Å². The molecule has 166 valence electrons. The zero-order chi connectivity index (χ0) is 23.5. The standard InChI is InChI=1S/C24H23BrFN3O2S/c1-24(2,3)22-16(12-27)20(14-5-6-18(26)17(25)11-14)21(23(30)31-4)19(29-22)13-32-15-7-9-28-10-8-15/h5-11,20,29H,13H2,1-4H3. The summed E-state index contributed by atoms with van der Waals surface area (Å²) in [4.78, 5) is 18.0. The first-order chi connectivity index (χ1) is 15.2. The van der Waals surface area contributed by atoms with Crippen molar-refractivity contribution in [1.82, 2.24) is 10.3 Å². The SMILES string of the molecule is COC(=O)C1=C(CSc2ccncc2)NC(C(C)(C)C)=C(C#N)C1c1ccc(F)c(Br)c1. The molecule has 1 aromatic carbocycles. The van der Waals surface area contributed by atoms with E-state index in [9.17, 15) is 14.4 Å². The van der Waals surface area contributed by atoms with Crippen LogP contribution >= 0.6 is 27.7 Å². The van der Waals surface area contributed by atoms with Gasteiger partial charge in [-0.2, -0.15) is 5.26 Å². The molecule has 0 saturated carbocycles. The molecule has 1 atom stereocenters. The van der Waals surface area contributed by atoms with Crippen LogP contribution in [0.2, 0.25) is 0 Å². The van der Waals surface area contributed by atoms with E-state index in [-0.39, 0.29) is 4.47 Å². The highest BCUT2D eigenvalue weighted by Gasteiger charge is 2.39. The first-order valence-electron chi connectivity index (χ1n) is 9.88.